The van der Waals surface area contributed by atoms with Crippen molar-refractivity contribution in [1.29, 1.82) is 0 Å². The first kappa shape index (κ1) is 22.8. The molecule has 0 saturated carbocycles. The summed E-state index contributed by atoms with van der Waals surface area (Å²) in [7, 11) is 2.17. The van der Waals surface area contributed by atoms with Gasteiger partial charge < -0.3 is 15.5 Å². The van der Waals surface area contributed by atoms with E-state index in [9.17, 15) is 4.79 Å². The van der Waals surface area contributed by atoms with E-state index in [1.807, 2.05) is 24.3 Å². The number of fused-ring (bicyclic) bond motifs is 1. The van der Waals surface area contributed by atoms with Gasteiger partial charge in [-0.3, -0.25) is 4.79 Å². The first-order valence-corrected chi connectivity index (χ1v) is 11.9. The highest BCUT2D eigenvalue weighted by Gasteiger charge is 2.19. The molecular weight excluding hydrogens is 440 g/mol. The van der Waals surface area contributed by atoms with Crippen molar-refractivity contribution in [2.24, 2.45) is 0 Å². The molecule has 9 nitrogen and oxygen atoms in total. The second-order valence-electron chi connectivity index (χ2n) is 8.98. The predicted molar refractivity (Wildman–Crippen MR) is 140 cm³/mol. The molecule has 1 saturated heterocycles. The fourth-order valence-electron chi connectivity index (χ4n) is 4.49. The van der Waals surface area contributed by atoms with E-state index in [0.717, 1.165) is 42.9 Å². The Labute approximate surface area is 204 Å². The standard InChI is InChI=1S/C26H30N8O/c1-4-13-33-25(35)21-17-28-26(31-24(21)34(33)23-7-5-6-12-27-23)30-20-8-9-22(18(2)16-20)29-19-10-14-32(3)15-11-19/h4-9,12,16-17,19,29H,1,10-11,13-15H2,2-3H3,(H,28,30,31). The van der Waals surface area contributed by atoms with Gasteiger partial charge in [-0.25, -0.2) is 19.3 Å². The second-order valence-corrected chi connectivity index (χ2v) is 8.98. The molecule has 0 bridgehead atoms. The predicted octanol–water partition coefficient (Wildman–Crippen LogP) is 3.72. The van der Waals surface area contributed by atoms with Gasteiger partial charge in [0.05, 0.1) is 6.54 Å². The molecular formula is C26H30N8O. The topological polar surface area (TPSA) is 92.9 Å². The number of aryl methyl sites for hydroxylation is 1. The third-order valence-electron chi connectivity index (χ3n) is 6.40. The van der Waals surface area contributed by atoms with E-state index in [1.54, 1.807) is 27.8 Å². The minimum absolute atomic E-state index is 0.183. The third-order valence-corrected chi connectivity index (χ3v) is 6.40. The molecule has 1 aliphatic heterocycles. The number of pyridine rings is 1. The van der Waals surface area contributed by atoms with Crippen molar-refractivity contribution in [1.82, 2.24) is 29.2 Å². The van der Waals surface area contributed by atoms with Crippen molar-refractivity contribution in [3.63, 3.8) is 0 Å². The van der Waals surface area contributed by atoms with Gasteiger partial charge in [0, 0.05) is 29.8 Å². The van der Waals surface area contributed by atoms with Crippen LogP contribution in [0.3, 0.4) is 0 Å². The normalized spacial score (nSPS) is 14.8. The summed E-state index contributed by atoms with van der Waals surface area (Å²) in [4.78, 5) is 28.9. The summed E-state index contributed by atoms with van der Waals surface area (Å²) in [6.07, 6.45) is 7.22. The average Bonchev–Trinajstić information content (AvgIpc) is 3.14. The summed E-state index contributed by atoms with van der Waals surface area (Å²) in [6.45, 7) is 8.45. The molecule has 1 aliphatic rings. The minimum Gasteiger partial charge on any atom is -0.382 e. The zero-order chi connectivity index (χ0) is 24.4. The van der Waals surface area contributed by atoms with Crippen LogP contribution in [0.5, 0.6) is 0 Å². The first-order valence-electron chi connectivity index (χ1n) is 11.9. The maximum Gasteiger partial charge on any atom is 0.278 e. The van der Waals surface area contributed by atoms with Gasteiger partial charge in [0.15, 0.2) is 11.5 Å². The van der Waals surface area contributed by atoms with E-state index in [1.165, 1.54) is 0 Å². The average molecular weight is 471 g/mol. The Morgan fingerprint density at radius 2 is 2.00 bits per heavy atom. The molecule has 9 heteroatoms. The van der Waals surface area contributed by atoms with Gasteiger partial charge in [-0.1, -0.05) is 12.1 Å². The van der Waals surface area contributed by atoms with Gasteiger partial charge in [-0.15, -0.1) is 6.58 Å². The van der Waals surface area contributed by atoms with Gasteiger partial charge in [0.1, 0.15) is 5.39 Å². The highest BCUT2D eigenvalue weighted by molar-refractivity contribution is 5.77. The van der Waals surface area contributed by atoms with E-state index in [-0.39, 0.29) is 5.56 Å². The van der Waals surface area contributed by atoms with Crippen LogP contribution in [0.15, 0.2) is 66.2 Å². The molecule has 35 heavy (non-hydrogen) atoms. The molecule has 5 rings (SSSR count). The Balaban J connectivity index is 1.43. The molecule has 2 N–H and O–H groups in total. The highest BCUT2D eigenvalue weighted by Crippen LogP contribution is 2.25. The number of nitrogens with one attached hydrogen (secondary N) is 2. The van der Waals surface area contributed by atoms with Crippen molar-refractivity contribution in [3.8, 4) is 5.82 Å². The number of benzene rings is 1. The first-order chi connectivity index (χ1) is 17.0. The molecule has 0 atom stereocenters. The van der Waals surface area contributed by atoms with Crippen molar-refractivity contribution in [2.75, 3.05) is 30.8 Å². The number of piperidine rings is 1. The fraction of sp³-hybridized carbons (Fsp3) is 0.308. The molecule has 0 amide bonds. The van der Waals surface area contributed by atoms with Crippen LogP contribution in [0.25, 0.3) is 16.9 Å². The Morgan fingerprint density at radius 3 is 2.71 bits per heavy atom. The SMILES string of the molecule is C=CCn1c(=O)c2cnc(Nc3ccc(NC4CCN(C)CC4)c(C)c3)nc2n1-c1ccccn1. The van der Waals surface area contributed by atoms with Crippen LogP contribution >= 0.6 is 0 Å². The lowest BCUT2D eigenvalue weighted by molar-refractivity contribution is 0.264. The van der Waals surface area contributed by atoms with E-state index in [0.29, 0.717) is 35.4 Å². The number of allylic oxidation sites excluding steroid dienone is 1. The van der Waals surface area contributed by atoms with Crippen LogP contribution in [0.4, 0.5) is 17.3 Å². The van der Waals surface area contributed by atoms with Crippen LogP contribution in [0, 0.1) is 6.92 Å². The van der Waals surface area contributed by atoms with E-state index in [4.69, 9.17) is 0 Å². The maximum absolute atomic E-state index is 13.0. The number of rotatable bonds is 7. The lowest BCUT2D eigenvalue weighted by Crippen LogP contribution is -2.36. The van der Waals surface area contributed by atoms with E-state index in [2.05, 4.69) is 63.2 Å². The summed E-state index contributed by atoms with van der Waals surface area (Å²) in [5.74, 6) is 1.01. The molecule has 4 heterocycles. The second kappa shape index (κ2) is 9.71. The monoisotopic (exact) mass is 470 g/mol. The van der Waals surface area contributed by atoms with Crippen molar-refractivity contribution in [3.05, 3.63) is 77.4 Å². The minimum atomic E-state index is -0.183. The lowest BCUT2D eigenvalue weighted by atomic mass is 10.0. The number of nitrogens with zero attached hydrogens (tertiary/aromatic N) is 6. The van der Waals surface area contributed by atoms with Crippen molar-refractivity contribution >= 4 is 28.4 Å². The lowest BCUT2D eigenvalue weighted by Gasteiger charge is -2.30. The van der Waals surface area contributed by atoms with Gasteiger partial charge in [-0.2, -0.15) is 4.98 Å². The van der Waals surface area contributed by atoms with E-state index >= 15 is 0 Å². The van der Waals surface area contributed by atoms with Crippen LogP contribution in [-0.2, 0) is 6.54 Å². The quantitative estimate of drug-likeness (QED) is 0.398. The van der Waals surface area contributed by atoms with Crippen molar-refractivity contribution < 1.29 is 0 Å². The number of aromatic nitrogens is 5. The van der Waals surface area contributed by atoms with Gasteiger partial charge >= 0.3 is 0 Å². The molecule has 3 aromatic heterocycles. The zero-order valence-corrected chi connectivity index (χ0v) is 20.1. The Bertz CT molecular complexity index is 1400. The van der Waals surface area contributed by atoms with Crippen LogP contribution in [0.1, 0.15) is 18.4 Å². The summed E-state index contributed by atoms with van der Waals surface area (Å²) in [5.41, 5.74) is 3.49. The highest BCUT2D eigenvalue weighted by atomic mass is 16.1. The molecule has 180 valence electrons. The number of hydrogen-bond acceptors (Lipinski definition) is 7. The smallest absolute Gasteiger partial charge is 0.278 e. The number of anilines is 3. The third kappa shape index (κ3) is 4.67. The number of likely N-dealkylation sites (tertiary alicyclic amines) is 1. The van der Waals surface area contributed by atoms with E-state index < -0.39 is 0 Å². The molecule has 0 unspecified atom stereocenters. The fourth-order valence-corrected chi connectivity index (χ4v) is 4.49. The number of hydrogen-bond donors (Lipinski definition) is 2. The van der Waals surface area contributed by atoms with Crippen LogP contribution in [0.2, 0.25) is 0 Å². The summed E-state index contributed by atoms with van der Waals surface area (Å²) >= 11 is 0. The van der Waals surface area contributed by atoms with Gasteiger partial charge in [0.25, 0.3) is 5.56 Å². The summed E-state index contributed by atoms with van der Waals surface area (Å²) in [6, 6.07) is 12.2. The zero-order valence-electron chi connectivity index (χ0n) is 20.1. The van der Waals surface area contributed by atoms with Gasteiger partial charge in [-0.05, 0) is 75.8 Å². The molecule has 0 aliphatic carbocycles. The summed E-state index contributed by atoms with van der Waals surface area (Å²) in [5, 5.41) is 7.41. The van der Waals surface area contributed by atoms with Crippen molar-refractivity contribution in [2.45, 2.75) is 32.4 Å². The molecule has 1 aromatic carbocycles. The molecule has 4 aromatic rings. The Kier molecular flexibility index (Phi) is 6.33. The molecule has 1 fully saturated rings. The Hall–Kier alpha value is -3.98. The molecule has 0 spiro atoms. The molecule has 0 radical (unpaired) electrons. The largest absolute Gasteiger partial charge is 0.382 e. The summed E-state index contributed by atoms with van der Waals surface area (Å²) < 4.78 is 3.28. The van der Waals surface area contributed by atoms with Crippen LogP contribution in [-0.4, -0.2) is 55.4 Å². The Morgan fingerprint density at radius 1 is 1.17 bits per heavy atom. The maximum atomic E-state index is 13.0. The van der Waals surface area contributed by atoms with Crippen LogP contribution < -0.4 is 16.2 Å². The van der Waals surface area contributed by atoms with Gasteiger partial charge in [0.2, 0.25) is 5.95 Å².